The lowest BCUT2D eigenvalue weighted by atomic mass is 10.0. The number of halogens is 1. The van der Waals surface area contributed by atoms with E-state index < -0.39 is 29.8 Å². The fourth-order valence-corrected chi connectivity index (χ4v) is 5.26. The number of hydrogen-bond acceptors (Lipinski definition) is 8. The Hall–Kier alpha value is -4.87. The van der Waals surface area contributed by atoms with Gasteiger partial charge in [0.05, 0.1) is 38.8 Å². The Morgan fingerprint density at radius 3 is 2.47 bits per heavy atom. The van der Waals surface area contributed by atoms with E-state index in [1.165, 1.54) is 11.0 Å². The molecule has 226 valence electrons. The molecule has 1 aromatic heterocycles. The normalized spacial score (nSPS) is 17.4. The number of benzene rings is 2. The molecule has 2 aromatic carbocycles. The lowest BCUT2D eigenvalue weighted by Gasteiger charge is -2.35. The van der Waals surface area contributed by atoms with Gasteiger partial charge in [-0.1, -0.05) is 0 Å². The highest BCUT2D eigenvalue weighted by Crippen LogP contribution is 2.31. The number of carbonyl (C=O) groups is 3. The summed E-state index contributed by atoms with van der Waals surface area (Å²) in [6.07, 6.45) is 0.470. The Balaban J connectivity index is 1.19. The van der Waals surface area contributed by atoms with Crippen LogP contribution in [-0.4, -0.2) is 80.8 Å². The number of cyclic esters (lactones) is 1. The molecule has 0 bridgehead atoms. The maximum atomic E-state index is 15.2. The first kappa shape index (κ1) is 29.6. The van der Waals surface area contributed by atoms with Crippen LogP contribution in [0.3, 0.4) is 0 Å². The summed E-state index contributed by atoms with van der Waals surface area (Å²) >= 11 is 0. The van der Waals surface area contributed by atoms with Gasteiger partial charge in [-0.15, -0.1) is 0 Å². The van der Waals surface area contributed by atoms with Crippen LogP contribution in [0.15, 0.2) is 54.7 Å². The topological polar surface area (TPSA) is 128 Å². The van der Waals surface area contributed by atoms with Crippen molar-refractivity contribution in [2.45, 2.75) is 19.4 Å². The predicted molar refractivity (Wildman–Crippen MR) is 158 cm³/mol. The molecule has 43 heavy (non-hydrogen) atoms. The van der Waals surface area contributed by atoms with Crippen LogP contribution >= 0.6 is 0 Å². The first-order valence-electron chi connectivity index (χ1n) is 14.0. The molecule has 0 saturated carbocycles. The van der Waals surface area contributed by atoms with Crippen LogP contribution in [0.25, 0.3) is 11.1 Å². The van der Waals surface area contributed by atoms with Gasteiger partial charge in [-0.3, -0.25) is 14.5 Å². The number of hydrogen-bond donors (Lipinski definition) is 1. The fourth-order valence-electron chi connectivity index (χ4n) is 5.26. The minimum Gasteiger partial charge on any atom is -0.497 e. The van der Waals surface area contributed by atoms with E-state index >= 15 is 4.39 Å². The quantitative estimate of drug-likeness (QED) is 0.402. The number of rotatable bonds is 9. The number of amides is 3. The number of carbonyl (C=O) groups excluding carboxylic acids is 3. The maximum Gasteiger partial charge on any atom is 0.414 e. The standard InChI is InChI=1S/C31H34FN5O6/c1-19(30(33)39)27-18-37(31(40)43-27)22-5-7-24(25(32)16-22)20-4-9-28(34-17-20)35-10-12-36(13-11-35)29(38)15-21-14-23(41-2)6-8-26(21)42-3/h4-9,14,16-17,19,27H,10-13,15,18H2,1-3H3,(H2,33,39)/t19-,27?/m0/s1. The first-order valence-corrected chi connectivity index (χ1v) is 14.0. The summed E-state index contributed by atoms with van der Waals surface area (Å²) in [5.74, 6) is 0.300. The molecule has 5 rings (SSSR count). The van der Waals surface area contributed by atoms with Crippen LogP contribution in [0, 0.1) is 11.7 Å². The highest BCUT2D eigenvalue weighted by molar-refractivity contribution is 5.91. The number of aromatic nitrogens is 1. The van der Waals surface area contributed by atoms with Crippen molar-refractivity contribution in [3.63, 3.8) is 0 Å². The lowest BCUT2D eigenvalue weighted by molar-refractivity contribution is -0.130. The second kappa shape index (κ2) is 12.6. The third kappa shape index (κ3) is 6.32. The van der Waals surface area contributed by atoms with Crippen molar-refractivity contribution in [3.05, 3.63) is 66.1 Å². The summed E-state index contributed by atoms with van der Waals surface area (Å²) in [7, 11) is 3.16. The molecule has 2 N–H and O–H groups in total. The van der Waals surface area contributed by atoms with Crippen LogP contribution in [-0.2, 0) is 20.7 Å². The summed E-state index contributed by atoms with van der Waals surface area (Å²) in [6, 6.07) is 13.5. The van der Waals surface area contributed by atoms with Gasteiger partial charge in [-0.25, -0.2) is 14.2 Å². The molecule has 3 heterocycles. The van der Waals surface area contributed by atoms with Crippen molar-refractivity contribution in [3.8, 4) is 22.6 Å². The van der Waals surface area contributed by atoms with Gasteiger partial charge in [-0.2, -0.15) is 0 Å². The van der Waals surface area contributed by atoms with Crippen molar-refractivity contribution >= 4 is 29.4 Å². The number of nitrogens with zero attached hydrogens (tertiary/aromatic N) is 4. The highest BCUT2D eigenvalue weighted by Gasteiger charge is 2.38. The van der Waals surface area contributed by atoms with Gasteiger partial charge in [0.25, 0.3) is 0 Å². The molecule has 2 atom stereocenters. The summed E-state index contributed by atoms with van der Waals surface area (Å²) in [5.41, 5.74) is 7.35. The molecule has 11 nitrogen and oxygen atoms in total. The molecule has 0 aliphatic carbocycles. The molecule has 3 amide bonds. The number of ether oxygens (including phenoxy) is 3. The van der Waals surface area contributed by atoms with Gasteiger partial charge < -0.3 is 29.7 Å². The first-order chi connectivity index (χ1) is 20.7. The minimum absolute atomic E-state index is 0.00789. The van der Waals surface area contributed by atoms with Gasteiger partial charge in [0.15, 0.2) is 0 Å². The molecule has 1 unspecified atom stereocenters. The maximum absolute atomic E-state index is 15.2. The van der Waals surface area contributed by atoms with Crippen LogP contribution in [0.1, 0.15) is 12.5 Å². The summed E-state index contributed by atoms with van der Waals surface area (Å²) in [5, 5.41) is 0. The number of piperazine rings is 1. The highest BCUT2D eigenvalue weighted by atomic mass is 19.1. The largest absolute Gasteiger partial charge is 0.497 e. The molecule has 2 aliphatic rings. The van der Waals surface area contributed by atoms with Crippen LogP contribution < -0.4 is 25.0 Å². The lowest BCUT2D eigenvalue weighted by Crippen LogP contribution is -2.49. The van der Waals surface area contributed by atoms with Crippen LogP contribution in [0.4, 0.5) is 20.7 Å². The van der Waals surface area contributed by atoms with Gasteiger partial charge >= 0.3 is 6.09 Å². The Kier molecular flexibility index (Phi) is 8.65. The number of primary amides is 1. The van der Waals surface area contributed by atoms with E-state index in [1.54, 1.807) is 57.7 Å². The third-order valence-electron chi connectivity index (χ3n) is 7.95. The Labute approximate surface area is 248 Å². The number of nitrogens with two attached hydrogens (primary N) is 1. The van der Waals surface area contributed by atoms with Crippen LogP contribution in [0.5, 0.6) is 11.5 Å². The SMILES string of the molecule is COc1ccc(OC)c(CC(=O)N2CCN(c3ccc(-c4ccc(N5CC([C@H](C)C(N)=O)OC5=O)cc4F)cn3)CC2)c1. The van der Waals surface area contributed by atoms with Crippen LogP contribution in [0.2, 0.25) is 0 Å². The van der Waals surface area contributed by atoms with Gasteiger partial charge in [0.2, 0.25) is 11.8 Å². The zero-order valence-electron chi connectivity index (χ0n) is 24.3. The van der Waals surface area contributed by atoms with E-state index in [-0.39, 0.29) is 18.9 Å². The second-order valence-electron chi connectivity index (χ2n) is 10.5. The van der Waals surface area contributed by atoms with E-state index in [0.29, 0.717) is 54.5 Å². The Morgan fingerprint density at radius 1 is 1.07 bits per heavy atom. The third-order valence-corrected chi connectivity index (χ3v) is 7.95. The summed E-state index contributed by atoms with van der Waals surface area (Å²) < 4.78 is 31.1. The van der Waals surface area contributed by atoms with Crippen molar-refractivity contribution in [2.24, 2.45) is 11.7 Å². The molecule has 2 aliphatic heterocycles. The average molecular weight is 592 g/mol. The van der Waals surface area contributed by atoms with Crippen molar-refractivity contribution in [1.29, 1.82) is 0 Å². The molecule has 0 radical (unpaired) electrons. The smallest absolute Gasteiger partial charge is 0.414 e. The molecule has 2 fully saturated rings. The fraction of sp³-hybridized carbons (Fsp3) is 0.355. The van der Waals surface area contributed by atoms with E-state index in [1.807, 2.05) is 17.0 Å². The number of methoxy groups -OCH3 is 2. The molecule has 2 saturated heterocycles. The van der Waals surface area contributed by atoms with Gasteiger partial charge in [0.1, 0.15) is 29.2 Å². The van der Waals surface area contributed by atoms with E-state index in [9.17, 15) is 14.4 Å². The number of pyridine rings is 1. The predicted octanol–water partition coefficient (Wildman–Crippen LogP) is 3.24. The van der Waals surface area contributed by atoms with Gasteiger partial charge in [0, 0.05) is 49.1 Å². The molecular formula is C31H34FN5O6. The summed E-state index contributed by atoms with van der Waals surface area (Å²) in [6.45, 7) is 4.00. The van der Waals surface area contributed by atoms with Gasteiger partial charge in [-0.05, 0) is 55.5 Å². The van der Waals surface area contributed by atoms with Crippen molar-refractivity contribution in [1.82, 2.24) is 9.88 Å². The Morgan fingerprint density at radius 2 is 1.84 bits per heavy atom. The Bertz CT molecular complexity index is 1510. The van der Waals surface area contributed by atoms with Crippen molar-refractivity contribution < 1.29 is 33.0 Å². The minimum atomic E-state index is -0.694. The van der Waals surface area contributed by atoms with E-state index in [4.69, 9.17) is 19.9 Å². The number of anilines is 2. The molecule has 12 heteroatoms. The molecule has 3 aromatic rings. The molecule has 0 spiro atoms. The average Bonchev–Trinajstić information content (AvgIpc) is 3.42. The van der Waals surface area contributed by atoms with E-state index in [0.717, 1.165) is 11.4 Å². The monoisotopic (exact) mass is 591 g/mol. The zero-order chi connectivity index (χ0) is 30.7. The van der Waals surface area contributed by atoms with E-state index in [2.05, 4.69) is 9.88 Å². The zero-order valence-corrected chi connectivity index (χ0v) is 24.3. The van der Waals surface area contributed by atoms with Crippen molar-refractivity contribution in [2.75, 3.05) is 56.7 Å². The summed E-state index contributed by atoms with van der Waals surface area (Å²) in [4.78, 5) is 46.6. The second-order valence-corrected chi connectivity index (χ2v) is 10.5. The molecular weight excluding hydrogens is 557 g/mol.